The summed E-state index contributed by atoms with van der Waals surface area (Å²) >= 11 is 0. The molecule has 0 spiro atoms. The molecule has 3 rings (SSSR count). The Morgan fingerprint density at radius 3 is 2.44 bits per heavy atom. The van der Waals surface area contributed by atoms with Gasteiger partial charge in [0.05, 0.1) is 30.2 Å². The minimum atomic E-state index is -4.00. The SMILES string of the molecule is CC(F)(F)F.CCCC(CCCC(=O)c1ccc(C)c(F)c1)Cn1cc2c(OC)c(C(=O)NCCOC)ccc2n1. The van der Waals surface area contributed by atoms with Crippen molar-refractivity contribution in [1.82, 2.24) is 15.1 Å². The van der Waals surface area contributed by atoms with Gasteiger partial charge in [0.25, 0.3) is 5.91 Å². The number of carbonyl (C=O) groups is 2. The molecule has 0 aliphatic heterocycles. The largest absolute Gasteiger partial charge is 0.495 e. The van der Waals surface area contributed by atoms with E-state index >= 15 is 0 Å². The van der Waals surface area contributed by atoms with Crippen LogP contribution in [0.15, 0.2) is 36.5 Å². The maximum Gasteiger partial charge on any atom is 0.386 e. The highest BCUT2D eigenvalue weighted by atomic mass is 19.4. The summed E-state index contributed by atoms with van der Waals surface area (Å²) in [4.78, 5) is 25.1. The Hall–Kier alpha value is -3.47. The van der Waals surface area contributed by atoms with E-state index in [4.69, 9.17) is 14.6 Å². The van der Waals surface area contributed by atoms with Crippen LogP contribution in [0.5, 0.6) is 5.75 Å². The number of aryl methyl sites for hydroxylation is 1. The fraction of sp³-hybridized carbons (Fsp3) is 0.500. The summed E-state index contributed by atoms with van der Waals surface area (Å²) in [6, 6.07) is 8.22. The number of hydrogen-bond acceptors (Lipinski definition) is 5. The zero-order chi connectivity index (χ0) is 30.6. The molecular weight excluding hydrogens is 542 g/mol. The van der Waals surface area contributed by atoms with E-state index in [1.165, 1.54) is 6.07 Å². The van der Waals surface area contributed by atoms with Crippen LogP contribution in [0.25, 0.3) is 10.9 Å². The second-order valence-corrected chi connectivity index (χ2v) is 9.89. The second-order valence-electron chi connectivity index (χ2n) is 9.89. The van der Waals surface area contributed by atoms with Crippen LogP contribution in [0.2, 0.25) is 0 Å². The fourth-order valence-corrected chi connectivity index (χ4v) is 4.43. The third-order valence-electron chi connectivity index (χ3n) is 6.38. The van der Waals surface area contributed by atoms with Crippen LogP contribution in [0, 0.1) is 18.7 Å². The van der Waals surface area contributed by atoms with E-state index in [1.807, 2.05) is 16.9 Å². The van der Waals surface area contributed by atoms with Crippen LogP contribution in [0.3, 0.4) is 0 Å². The molecule has 0 saturated heterocycles. The zero-order valence-corrected chi connectivity index (χ0v) is 24.2. The molecule has 0 saturated carbocycles. The lowest BCUT2D eigenvalue weighted by atomic mass is 9.95. The summed E-state index contributed by atoms with van der Waals surface area (Å²) in [5, 5.41) is 8.31. The van der Waals surface area contributed by atoms with E-state index in [-0.39, 0.29) is 24.4 Å². The molecule has 1 heterocycles. The Labute approximate surface area is 238 Å². The highest BCUT2D eigenvalue weighted by Gasteiger charge is 2.19. The van der Waals surface area contributed by atoms with Gasteiger partial charge in [0.15, 0.2) is 5.78 Å². The van der Waals surface area contributed by atoms with Crippen LogP contribution in [-0.4, -0.2) is 55.0 Å². The Kier molecular flexibility index (Phi) is 13.2. The molecule has 3 aromatic rings. The molecule has 0 radical (unpaired) electrons. The lowest BCUT2D eigenvalue weighted by molar-refractivity contribution is -0.110. The maximum absolute atomic E-state index is 13.8. The summed E-state index contributed by atoms with van der Waals surface area (Å²) in [7, 11) is 3.14. The van der Waals surface area contributed by atoms with Gasteiger partial charge < -0.3 is 14.8 Å². The standard InChI is InChI=1S/C28H36FN3O4.C2H3F3/c1-5-7-20(8-6-9-26(33)21-11-10-19(2)24(29)16-21)17-32-18-23-25(31-32)13-12-22(27(23)36-4)28(34)30-14-15-35-3;1-2(3,4)5/h10-13,16,18,20H,5-9,14-15,17H2,1-4H3,(H,30,34);1H3. The molecule has 0 bridgehead atoms. The van der Waals surface area contributed by atoms with Crippen molar-refractivity contribution in [2.45, 2.75) is 65.6 Å². The quantitative estimate of drug-likeness (QED) is 0.127. The molecule has 41 heavy (non-hydrogen) atoms. The Bertz CT molecular complexity index is 1280. The molecule has 226 valence electrons. The lowest BCUT2D eigenvalue weighted by Crippen LogP contribution is -2.27. The molecule has 2 aromatic carbocycles. The van der Waals surface area contributed by atoms with Gasteiger partial charge in [-0.15, -0.1) is 0 Å². The van der Waals surface area contributed by atoms with Crippen LogP contribution < -0.4 is 10.1 Å². The van der Waals surface area contributed by atoms with Gasteiger partial charge in [-0.3, -0.25) is 14.3 Å². The van der Waals surface area contributed by atoms with Crippen LogP contribution >= 0.6 is 0 Å². The molecule has 1 amide bonds. The number of nitrogens with one attached hydrogen (secondary N) is 1. The first kappa shape index (κ1) is 33.7. The number of benzene rings is 2. The van der Waals surface area contributed by atoms with Crippen molar-refractivity contribution in [3.8, 4) is 5.75 Å². The van der Waals surface area contributed by atoms with E-state index in [9.17, 15) is 27.2 Å². The number of carbonyl (C=O) groups excluding carboxylic acids is 2. The number of hydrogen-bond donors (Lipinski definition) is 1. The van der Waals surface area contributed by atoms with Crippen LogP contribution in [-0.2, 0) is 11.3 Å². The van der Waals surface area contributed by atoms with E-state index in [0.29, 0.717) is 54.5 Å². The third-order valence-corrected chi connectivity index (χ3v) is 6.38. The summed E-state index contributed by atoms with van der Waals surface area (Å²) < 4.78 is 57.4. The van der Waals surface area contributed by atoms with Gasteiger partial charge in [0, 0.05) is 45.3 Å². The third kappa shape index (κ3) is 11.1. The summed E-state index contributed by atoms with van der Waals surface area (Å²) in [5.41, 5.74) is 2.18. The van der Waals surface area contributed by atoms with Crippen LogP contribution in [0.1, 0.15) is 72.2 Å². The number of halogens is 4. The van der Waals surface area contributed by atoms with Crippen molar-refractivity contribution in [3.05, 3.63) is 59.0 Å². The van der Waals surface area contributed by atoms with Crippen molar-refractivity contribution in [3.63, 3.8) is 0 Å². The summed E-state index contributed by atoms with van der Waals surface area (Å²) in [6.45, 7) is 5.56. The number of methoxy groups -OCH3 is 2. The van der Waals surface area contributed by atoms with Crippen molar-refractivity contribution >= 4 is 22.6 Å². The Balaban J connectivity index is 0.00000108. The van der Waals surface area contributed by atoms with Gasteiger partial charge in [-0.2, -0.15) is 18.3 Å². The van der Waals surface area contributed by atoms with Gasteiger partial charge in [-0.05, 0) is 55.9 Å². The summed E-state index contributed by atoms with van der Waals surface area (Å²) in [5.74, 6) is 0.239. The van der Waals surface area contributed by atoms with Gasteiger partial charge in [0.2, 0.25) is 0 Å². The van der Waals surface area contributed by atoms with E-state index < -0.39 is 6.18 Å². The molecule has 0 aliphatic carbocycles. The Morgan fingerprint density at radius 1 is 1.12 bits per heavy atom. The first-order valence-electron chi connectivity index (χ1n) is 13.5. The molecule has 11 heteroatoms. The molecular formula is C30H39F4N3O4. The highest BCUT2D eigenvalue weighted by molar-refractivity contribution is 6.03. The predicted octanol–water partition coefficient (Wildman–Crippen LogP) is 6.91. The number of ketones is 1. The van der Waals surface area contributed by atoms with Crippen molar-refractivity contribution in [2.24, 2.45) is 5.92 Å². The highest BCUT2D eigenvalue weighted by Crippen LogP contribution is 2.30. The van der Waals surface area contributed by atoms with Gasteiger partial charge in [-0.25, -0.2) is 4.39 Å². The minimum absolute atomic E-state index is 0.0324. The minimum Gasteiger partial charge on any atom is -0.495 e. The molecule has 1 unspecified atom stereocenters. The van der Waals surface area contributed by atoms with E-state index in [2.05, 4.69) is 12.2 Å². The number of nitrogens with zero attached hydrogens (tertiary/aromatic N) is 2. The lowest BCUT2D eigenvalue weighted by Gasteiger charge is -2.16. The van der Waals surface area contributed by atoms with E-state index in [1.54, 1.807) is 39.3 Å². The molecule has 0 fully saturated rings. The normalized spacial score (nSPS) is 12.0. The first-order chi connectivity index (χ1) is 19.4. The van der Waals surface area contributed by atoms with Gasteiger partial charge in [-0.1, -0.05) is 25.5 Å². The smallest absolute Gasteiger partial charge is 0.386 e. The molecule has 1 N–H and O–H groups in total. The summed E-state index contributed by atoms with van der Waals surface area (Å²) in [6.07, 6.45) is 1.94. The number of alkyl halides is 3. The number of aromatic nitrogens is 2. The van der Waals surface area contributed by atoms with Crippen molar-refractivity contribution in [2.75, 3.05) is 27.4 Å². The molecule has 1 aromatic heterocycles. The Morgan fingerprint density at radius 2 is 1.83 bits per heavy atom. The zero-order valence-electron chi connectivity index (χ0n) is 24.2. The maximum atomic E-state index is 13.8. The number of amides is 1. The fourth-order valence-electron chi connectivity index (χ4n) is 4.43. The first-order valence-corrected chi connectivity index (χ1v) is 13.5. The average Bonchev–Trinajstić information content (AvgIpc) is 3.31. The van der Waals surface area contributed by atoms with Gasteiger partial charge >= 0.3 is 6.18 Å². The topological polar surface area (TPSA) is 82.5 Å². The number of Topliss-reactive ketones (excluding diaryl/α,β-unsaturated/α-hetero) is 1. The second kappa shape index (κ2) is 16.1. The van der Waals surface area contributed by atoms with Crippen molar-refractivity contribution < 1.29 is 36.6 Å². The number of ether oxygens (including phenoxy) is 2. The predicted molar refractivity (Wildman–Crippen MR) is 150 cm³/mol. The monoisotopic (exact) mass is 581 g/mol. The van der Waals surface area contributed by atoms with Crippen molar-refractivity contribution in [1.29, 1.82) is 0 Å². The molecule has 1 atom stereocenters. The van der Waals surface area contributed by atoms with Gasteiger partial charge in [0.1, 0.15) is 11.6 Å². The van der Waals surface area contributed by atoms with E-state index in [0.717, 1.165) is 36.6 Å². The molecule has 0 aliphatic rings. The van der Waals surface area contributed by atoms with Crippen LogP contribution in [0.4, 0.5) is 17.6 Å². The average molecular weight is 582 g/mol. The number of rotatable bonds is 14. The molecule has 7 nitrogen and oxygen atoms in total. The number of fused-ring (bicyclic) bond motifs is 1.